The van der Waals surface area contributed by atoms with E-state index in [2.05, 4.69) is 25.8 Å². The maximum absolute atomic E-state index is 2.49. The van der Waals surface area contributed by atoms with Gasteiger partial charge in [-0.3, -0.25) is 0 Å². The summed E-state index contributed by atoms with van der Waals surface area (Å²) >= 11 is 0. The van der Waals surface area contributed by atoms with Gasteiger partial charge in [-0.05, 0) is 38.3 Å². The minimum absolute atomic E-state index is 0.786. The molecule has 1 saturated heterocycles. The number of hydrogen-bond acceptors (Lipinski definition) is 1. The lowest BCUT2D eigenvalue weighted by Gasteiger charge is -2.21. The molecule has 1 aliphatic heterocycles. The first kappa shape index (κ1) is 19.3. The minimum Gasteiger partial charge on any atom is -0.306 e. The zero-order valence-corrected chi connectivity index (χ0v) is 13.6. The third kappa shape index (κ3) is 7.81. The summed E-state index contributed by atoms with van der Waals surface area (Å²) in [7, 11) is 2.26. The first-order valence-electron chi connectivity index (χ1n) is 7.91. The van der Waals surface area contributed by atoms with E-state index < -0.39 is 0 Å². The van der Waals surface area contributed by atoms with Gasteiger partial charge >= 0.3 is 0 Å². The minimum atomic E-state index is 0.786. The summed E-state index contributed by atoms with van der Waals surface area (Å²) in [4.78, 5) is 2.49. The van der Waals surface area contributed by atoms with Gasteiger partial charge in [0.05, 0.1) is 0 Å². The van der Waals surface area contributed by atoms with Crippen LogP contribution >= 0.6 is 0 Å². The molecule has 2 aliphatic rings. The first-order chi connectivity index (χ1) is 8.22. The van der Waals surface area contributed by atoms with Crippen molar-refractivity contribution in [3.63, 3.8) is 0 Å². The molecule has 0 aromatic heterocycles. The summed E-state index contributed by atoms with van der Waals surface area (Å²) in [5.74, 6) is 0. The van der Waals surface area contributed by atoms with Crippen molar-refractivity contribution in [3.8, 4) is 0 Å². The lowest BCUT2D eigenvalue weighted by atomic mass is 9.86. The predicted molar refractivity (Wildman–Crippen MR) is 81.7 cm³/mol. The molecule has 1 nitrogen and oxygen atoms in total. The molecule has 1 saturated carbocycles. The van der Waals surface area contributed by atoms with E-state index in [4.69, 9.17) is 0 Å². The summed E-state index contributed by atoms with van der Waals surface area (Å²) in [6.45, 7) is 15.0. The van der Waals surface area contributed by atoms with E-state index in [0.717, 1.165) is 5.41 Å². The van der Waals surface area contributed by atoms with Gasteiger partial charge in [-0.25, -0.2) is 0 Å². The lowest BCUT2D eigenvalue weighted by Crippen LogP contribution is -2.21. The Hall–Kier alpha value is -0.0400. The maximum Gasteiger partial charge on any atom is 0.00354 e. The van der Waals surface area contributed by atoms with Crippen LogP contribution in [0.25, 0.3) is 0 Å². The Morgan fingerprint density at radius 1 is 0.882 bits per heavy atom. The fourth-order valence-corrected chi connectivity index (χ4v) is 2.69. The normalized spacial score (nSPS) is 20.6. The average Bonchev–Trinajstić information content (AvgIpc) is 2.96. The van der Waals surface area contributed by atoms with Gasteiger partial charge in [-0.1, -0.05) is 60.8 Å². The zero-order valence-electron chi connectivity index (χ0n) is 13.6. The molecule has 1 heterocycles. The summed E-state index contributed by atoms with van der Waals surface area (Å²) in [6, 6.07) is 0. The summed E-state index contributed by atoms with van der Waals surface area (Å²) < 4.78 is 0. The second-order valence-electron chi connectivity index (χ2n) is 4.90. The largest absolute Gasteiger partial charge is 0.306 e. The van der Waals surface area contributed by atoms with Crippen LogP contribution in [0.4, 0.5) is 0 Å². The summed E-state index contributed by atoms with van der Waals surface area (Å²) in [6.07, 6.45) is 8.74. The monoisotopic (exact) mass is 243 g/mol. The van der Waals surface area contributed by atoms with Crippen molar-refractivity contribution < 1.29 is 0 Å². The fraction of sp³-hybridized carbons (Fsp3) is 1.00. The molecule has 0 aromatic carbocycles. The molecule has 1 aliphatic carbocycles. The number of nitrogens with zero attached hydrogens (tertiary/aromatic N) is 1. The van der Waals surface area contributed by atoms with Crippen molar-refractivity contribution in [1.29, 1.82) is 0 Å². The fourth-order valence-electron chi connectivity index (χ4n) is 2.69. The van der Waals surface area contributed by atoms with Crippen molar-refractivity contribution in [2.75, 3.05) is 20.1 Å². The lowest BCUT2D eigenvalue weighted by molar-refractivity contribution is 0.289. The molecule has 106 valence electrons. The second kappa shape index (κ2) is 12.4. The van der Waals surface area contributed by atoms with Crippen LogP contribution in [0.3, 0.4) is 0 Å². The van der Waals surface area contributed by atoms with Crippen LogP contribution in [0, 0.1) is 5.41 Å². The molecular weight excluding hydrogens is 206 g/mol. The molecule has 0 aromatic rings. The van der Waals surface area contributed by atoms with Gasteiger partial charge in [0.1, 0.15) is 0 Å². The Kier molecular flexibility index (Phi) is 14.1. The standard InChI is InChI=1S/C9H17N.C3H8.2C2H6/c1-10-7-6-9(8-10)4-2-3-5-9;1-3-2;2*1-2/h2-8H2,1H3;3H2,1-2H3;2*1-2H3. The highest BCUT2D eigenvalue weighted by Gasteiger charge is 2.38. The highest BCUT2D eigenvalue weighted by atomic mass is 15.1. The maximum atomic E-state index is 2.49. The topological polar surface area (TPSA) is 3.24 Å². The van der Waals surface area contributed by atoms with Crippen LogP contribution in [0.1, 0.15) is 80.1 Å². The molecule has 2 fully saturated rings. The number of rotatable bonds is 0. The van der Waals surface area contributed by atoms with Gasteiger partial charge in [0.2, 0.25) is 0 Å². The van der Waals surface area contributed by atoms with Crippen LogP contribution in [-0.2, 0) is 0 Å². The number of hydrogen-bond donors (Lipinski definition) is 0. The Morgan fingerprint density at radius 2 is 1.29 bits per heavy atom. The molecular formula is C16H37N. The molecule has 0 atom stereocenters. The van der Waals surface area contributed by atoms with Crippen LogP contribution in [0.5, 0.6) is 0 Å². The molecule has 0 bridgehead atoms. The summed E-state index contributed by atoms with van der Waals surface area (Å²) in [5.41, 5.74) is 0.786. The zero-order chi connectivity index (χ0) is 13.7. The second-order valence-corrected chi connectivity index (χ2v) is 4.90. The molecule has 2 rings (SSSR count). The van der Waals surface area contributed by atoms with E-state index in [0.29, 0.717) is 0 Å². The van der Waals surface area contributed by atoms with Gasteiger partial charge in [-0.2, -0.15) is 0 Å². The predicted octanol–water partition coefficient (Wildman–Crippen LogP) is 5.35. The third-order valence-electron chi connectivity index (χ3n) is 3.29. The molecule has 0 N–H and O–H groups in total. The van der Waals surface area contributed by atoms with Crippen LogP contribution in [-0.4, -0.2) is 25.0 Å². The van der Waals surface area contributed by atoms with Crippen LogP contribution in [0.15, 0.2) is 0 Å². The van der Waals surface area contributed by atoms with E-state index in [1.165, 1.54) is 51.6 Å². The van der Waals surface area contributed by atoms with Crippen LogP contribution < -0.4 is 0 Å². The van der Waals surface area contributed by atoms with Gasteiger partial charge < -0.3 is 4.90 Å². The van der Waals surface area contributed by atoms with E-state index in [1.54, 1.807) is 0 Å². The third-order valence-corrected chi connectivity index (χ3v) is 3.29. The molecule has 17 heavy (non-hydrogen) atoms. The first-order valence-corrected chi connectivity index (χ1v) is 7.91. The van der Waals surface area contributed by atoms with Crippen molar-refractivity contribution in [1.82, 2.24) is 4.90 Å². The van der Waals surface area contributed by atoms with Crippen molar-refractivity contribution >= 4 is 0 Å². The van der Waals surface area contributed by atoms with Gasteiger partial charge in [0.15, 0.2) is 0 Å². The Bertz CT molecular complexity index is 136. The SMILES string of the molecule is CC.CC.CCC.CN1CCC2(CCCC2)C1. The van der Waals surface area contributed by atoms with E-state index in [-0.39, 0.29) is 0 Å². The molecule has 0 radical (unpaired) electrons. The molecule has 1 heteroatoms. The van der Waals surface area contributed by atoms with E-state index in [9.17, 15) is 0 Å². The molecule has 1 spiro atoms. The van der Waals surface area contributed by atoms with Crippen molar-refractivity contribution in [2.45, 2.75) is 80.1 Å². The van der Waals surface area contributed by atoms with Gasteiger partial charge in [0, 0.05) is 6.54 Å². The quantitative estimate of drug-likeness (QED) is 0.554. The van der Waals surface area contributed by atoms with Crippen molar-refractivity contribution in [3.05, 3.63) is 0 Å². The highest BCUT2D eigenvalue weighted by molar-refractivity contribution is 4.91. The number of likely N-dealkylation sites (tertiary alicyclic amines) is 1. The molecule has 0 unspecified atom stereocenters. The van der Waals surface area contributed by atoms with E-state index in [1.807, 2.05) is 27.7 Å². The molecule has 0 amide bonds. The van der Waals surface area contributed by atoms with Gasteiger partial charge in [-0.15, -0.1) is 0 Å². The highest BCUT2D eigenvalue weighted by Crippen LogP contribution is 2.44. The Morgan fingerprint density at radius 3 is 1.59 bits per heavy atom. The van der Waals surface area contributed by atoms with Gasteiger partial charge in [0.25, 0.3) is 0 Å². The Labute approximate surface area is 111 Å². The Balaban J connectivity index is 0. The van der Waals surface area contributed by atoms with Crippen LogP contribution in [0.2, 0.25) is 0 Å². The summed E-state index contributed by atoms with van der Waals surface area (Å²) in [5, 5.41) is 0. The average molecular weight is 243 g/mol. The van der Waals surface area contributed by atoms with E-state index >= 15 is 0 Å². The smallest absolute Gasteiger partial charge is 0.00354 e. The van der Waals surface area contributed by atoms with Crippen molar-refractivity contribution in [2.24, 2.45) is 5.41 Å².